The summed E-state index contributed by atoms with van der Waals surface area (Å²) in [6.07, 6.45) is 3.56. The number of methoxy groups -OCH3 is 2. The average molecular weight is 537 g/mol. The number of aromatic amines is 1. The first-order chi connectivity index (χ1) is 17.9. The highest BCUT2D eigenvalue weighted by molar-refractivity contribution is 6.35. The molecule has 0 aliphatic heterocycles. The molecular weight excluding hydrogens is 513 g/mol. The van der Waals surface area contributed by atoms with Gasteiger partial charge in [0, 0.05) is 17.5 Å². The van der Waals surface area contributed by atoms with E-state index in [1.54, 1.807) is 62.0 Å². The van der Waals surface area contributed by atoms with Crippen molar-refractivity contribution in [3.05, 3.63) is 111 Å². The predicted molar refractivity (Wildman–Crippen MR) is 142 cm³/mol. The van der Waals surface area contributed by atoms with Crippen LogP contribution in [0.1, 0.15) is 37.9 Å². The Morgan fingerprint density at radius 2 is 1.59 bits per heavy atom. The molecule has 188 valence electrons. The number of benzene rings is 3. The third kappa shape index (κ3) is 6.10. The zero-order chi connectivity index (χ0) is 26.4. The van der Waals surface area contributed by atoms with Gasteiger partial charge >= 0.3 is 5.97 Å². The predicted octanol–water partition coefficient (Wildman–Crippen LogP) is 6.45. The van der Waals surface area contributed by atoms with Crippen molar-refractivity contribution >= 4 is 35.5 Å². The number of H-pyrrole nitrogens is 1. The van der Waals surface area contributed by atoms with Crippen molar-refractivity contribution in [2.75, 3.05) is 14.2 Å². The van der Waals surface area contributed by atoms with Crippen LogP contribution in [0.2, 0.25) is 10.0 Å². The molecule has 1 atom stereocenters. The Morgan fingerprint density at radius 1 is 0.892 bits per heavy atom. The highest BCUT2D eigenvalue weighted by Crippen LogP contribution is 2.35. The second-order valence-corrected chi connectivity index (χ2v) is 8.98. The molecule has 3 aromatic carbocycles. The lowest BCUT2D eigenvalue weighted by atomic mass is 10.0. The first kappa shape index (κ1) is 26.2. The molecule has 6 nitrogen and oxygen atoms in total. The lowest BCUT2D eigenvalue weighted by molar-refractivity contribution is -0.377. The van der Waals surface area contributed by atoms with Gasteiger partial charge in [-0.1, -0.05) is 59.6 Å². The van der Waals surface area contributed by atoms with Crippen LogP contribution in [-0.4, -0.2) is 26.5 Å². The molecule has 1 aromatic heterocycles. The van der Waals surface area contributed by atoms with E-state index in [0.717, 1.165) is 17.4 Å². The number of halogens is 2. The topological polar surface area (TPSA) is 76.0 Å². The van der Waals surface area contributed by atoms with E-state index in [4.69, 9.17) is 37.4 Å². The van der Waals surface area contributed by atoms with Crippen LogP contribution in [0.25, 0.3) is 11.1 Å². The van der Waals surface area contributed by atoms with E-state index in [1.807, 2.05) is 24.3 Å². The molecule has 1 N–H and O–H groups in total. The number of pyridine rings is 1. The van der Waals surface area contributed by atoms with E-state index in [1.165, 1.54) is 7.11 Å². The highest BCUT2D eigenvalue weighted by Gasteiger charge is 2.24. The van der Waals surface area contributed by atoms with E-state index < -0.39 is 12.1 Å². The summed E-state index contributed by atoms with van der Waals surface area (Å²) in [7, 11) is 3.09. The molecule has 0 saturated carbocycles. The maximum Gasteiger partial charge on any atom is 0.338 e. The van der Waals surface area contributed by atoms with Crippen LogP contribution in [0.15, 0.2) is 79.1 Å². The maximum atomic E-state index is 13.2. The monoisotopic (exact) mass is 536 g/mol. The minimum atomic E-state index is -0.714. The second-order valence-electron chi connectivity index (χ2n) is 8.16. The summed E-state index contributed by atoms with van der Waals surface area (Å²) in [5, 5.41) is 0.854. The van der Waals surface area contributed by atoms with Crippen LogP contribution < -0.4 is 14.5 Å². The van der Waals surface area contributed by atoms with Crippen molar-refractivity contribution in [3.8, 4) is 22.6 Å². The molecule has 0 spiro atoms. The Morgan fingerprint density at radius 3 is 2.24 bits per heavy atom. The smallest absolute Gasteiger partial charge is 0.338 e. The first-order valence-electron chi connectivity index (χ1n) is 11.4. The standard InChI is InChI=1S/C29H23Cl2NO5/c1-35-26-11-10-22(13-28(26)36-2)27(14-23-24(30)15-32-16-25(23)31)37-29(34)20-8-6-19(7-9-20)21-5-3-4-18(12-21)17-33/h3-13,15-17,27H,14H2,1-2H3/p+1/t27-/m0/s1. The summed E-state index contributed by atoms with van der Waals surface area (Å²) in [6, 6.07) is 19.6. The molecule has 0 saturated heterocycles. The summed E-state index contributed by atoms with van der Waals surface area (Å²) in [5.74, 6) is 0.542. The molecule has 0 aliphatic rings. The van der Waals surface area contributed by atoms with Gasteiger partial charge in [-0.15, -0.1) is 0 Å². The van der Waals surface area contributed by atoms with E-state index >= 15 is 0 Å². The fourth-order valence-corrected chi connectivity index (χ4v) is 4.46. The van der Waals surface area contributed by atoms with Gasteiger partial charge in [-0.25, -0.2) is 9.78 Å². The molecule has 0 unspecified atom stereocenters. The van der Waals surface area contributed by atoms with Gasteiger partial charge in [-0.05, 0) is 47.0 Å². The lowest BCUT2D eigenvalue weighted by Crippen LogP contribution is -2.15. The SMILES string of the molecule is COc1ccc([C@H](Cc2c(Cl)c[nH+]cc2Cl)OC(=O)c2ccc(-c3cccc(C=O)c3)cc2)cc1OC. The van der Waals surface area contributed by atoms with Gasteiger partial charge in [0.15, 0.2) is 23.9 Å². The van der Waals surface area contributed by atoms with Gasteiger partial charge < -0.3 is 14.2 Å². The van der Waals surface area contributed by atoms with Crippen LogP contribution in [0.3, 0.4) is 0 Å². The Kier molecular flexibility index (Phi) is 8.43. The second kappa shape index (κ2) is 11.9. The number of carbonyl (C=O) groups excluding carboxylic acids is 2. The minimum absolute atomic E-state index is 0.240. The molecule has 0 aliphatic carbocycles. The van der Waals surface area contributed by atoms with Gasteiger partial charge in [0.25, 0.3) is 0 Å². The zero-order valence-electron chi connectivity index (χ0n) is 20.2. The van der Waals surface area contributed by atoms with Crippen LogP contribution in [0, 0.1) is 0 Å². The zero-order valence-corrected chi connectivity index (χ0v) is 21.7. The first-order valence-corrected chi connectivity index (χ1v) is 12.1. The van der Waals surface area contributed by atoms with Crippen LogP contribution >= 0.6 is 23.2 Å². The van der Waals surface area contributed by atoms with Crippen LogP contribution in [0.4, 0.5) is 0 Å². The number of nitrogens with one attached hydrogen (secondary N) is 1. The molecule has 8 heteroatoms. The average Bonchev–Trinajstić information content (AvgIpc) is 2.94. The molecular formula is C29H24Cl2NO5+. The molecule has 0 bridgehead atoms. The van der Waals surface area contributed by atoms with Gasteiger partial charge in [0.2, 0.25) is 0 Å². The fourth-order valence-electron chi connectivity index (χ4n) is 3.92. The number of aromatic nitrogens is 1. The fraction of sp³-hybridized carbons (Fsp3) is 0.138. The van der Waals surface area contributed by atoms with Gasteiger partial charge in [0.1, 0.15) is 22.4 Å². The minimum Gasteiger partial charge on any atom is -0.493 e. The number of ether oxygens (including phenoxy) is 3. The summed E-state index contributed by atoms with van der Waals surface area (Å²) < 4.78 is 16.8. The summed E-state index contributed by atoms with van der Waals surface area (Å²) in [4.78, 5) is 27.2. The third-order valence-electron chi connectivity index (χ3n) is 5.89. The van der Waals surface area contributed by atoms with Crippen molar-refractivity contribution < 1.29 is 28.8 Å². The Labute approximate surface area is 224 Å². The normalized spacial score (nSPS) is 11.5. The largest absolute Gasteiger partial charge is 0.493 e. The molecule has 4 rings (SSSR count). The van der Waals surface area contributed by atoms with E-state index in [2.05, 4.69) is 4.98 Å². The maximum absolute atomic E-state index is 13.2. The van der Waals surface area contributed by atoms with Crippen molar-refractivity contribution in [3.63, 3.8) is 0 Å². The van der Waals surface area contributed by atoms with Crippen LogP contribution in [-0.2, 0) is 11.2 Å². The van der Waals surface area contributed by atoms with Gasteiger partial charge in [0.05, 0.1) is 19.8 Å². The van der Waals surface area contributed by atoms with Crippen molar-refractivity contribution in [2.24, 2.45) is 0 Å². The summed E-state index contributed by atoms with van der Waals surface area (Å²) in [5.41, 5.74) is 4.02. The quantitative estimate of drug-likeness (QED) is 0.181. The number of aldehydes is 1. The van der Waals surface area contributed by atoms with E-state index in [-0.39, 0.29) is 6.42 Å². The number of carbonyl (C=O) groups is 2. The number of esters is 1. The molecule has 0 radical (unpaired) electrons. The number of hydrogen-bond donors (Lipinski definition) is 0. The molecule has 1 heterocycles. The van der Waals surface area contributed by atoms with Crippen molar-refractivity contribution in [2.45, 2.75) is 12.5 Å². The van der Waals surface area contributed by atoms with E-state index in [9.17, 15) is 9.59 Å². The van der Waals surface area contributed by atoms with E-state index in [0.29, 0.717) is 43.8 Å². The van der Waals surface area contributed by atoms with Gasteiger partial charge in [-0.3, -0.25) is 4.79 Å². The lowest BCUT2D eigenvalue weighted by Gasteiger charge is -2.20. The molecule has 0 fully saturated rings. The van der Waals surface area contributed by atoms with Crippen molar-refractivity contribution in [1.29, 1.82) is 0 Å². The Bertz CT molecular complexity index is 1400. The molecule has 4 aromatic rings. The highest BCUT2D eigenvalue weighted by atomic mass is 35.5. The molecule has 0 amide bonds. The Hall–Kier alpha value is -3.87. The number of hydrogen-bond acceptors (Lipinski definition) is 5. The Balaban J connectivity index is 1.63. The van der Waals surface area contributed by atoms with Gasteiger partial charge in [-0.2, -0.15) is 0 Å². The summed E-state index contributed by atoms with van der Waals surface area (Å²) in [6.45, 7) is 0. The molecule has 37 heavy (non-hydrogen) atoms. The summed E-state index contributed by atoms with van der Waals surface area (Å²) >= 11 is 12.8. The van der Waals surface area contributed by atoms with Crippen molar-refractivity contribution in [1.82, 2.24) is 0 Å². The van der Waals surface area contributed by atoms with Crippen LogP contribution in [0.5, 0.6) is 11.5 Å². The number of rotatable bonds is 9. The third-order valence-corrected chi connectivity index (χ3v) is 6.57.